The first kappa shape index (κ1) is 15.7. The molecule has 1 rings (SSSR count). The second-order valence-corrected chi connectivity index (χ2v) is 4.50. The summed E-state index contributed by atoms with van der Waals surface area (Å²) in [6.45, 7) is 5.13. The zero-order chi connectivity index (χ0) is 14.3. The summed E-state index contributed by atoms with van der Waals surface area (Å²) in [5.41, 5.74) is 0.484. The van der Waals surface area contributed by atoms with Gasteiger partial charge in [-0.2, -0.15) is 0 Å². The van der Waals surface area contributed by atoms with E-state index < -0.39 is 0 Å². The summed E-state index contributed by atoms with van der Waals surface area (Å²) in [7, 11) is 3.05. The zero-order valence-electron chi connectivity index (χ0n) is 12.1. The van der Waals surface area contributed by atoms with Crippen LogP contribution in [0.4, 0.5) is 0 Å². The van der Waals surface area contributed by atoms with Crippen LogP contribution in [0.15, 0.2) is 10.5 Å². The Morgan fingerprint density at radius 2 is 2.21 bits per heavy atom. The molecule has 1 aromatic rings. The van der Waals surface area contributed by atoms with Gasteiger partial charge in [-0.05, 0) is 19.4 Å². The highest BCUT2D eigenvalue weighted by Crippen LogP contribution is 2.15. The van der Waals surface area contributed by atoms with Crippen molar-refractivity contribution in [2.24, 2.45) is 0 Å². The third kappa shape index (κ3) is 4.69. The monoisotopic (exact) mass is 269 g/mol. The second kappa shape index (κ2) is 7.96. The molecule has 1 N–H and O–H groups in total. The molecule has 5 heteroatoms. The predicted octanol–water partition coefficient (Wildman–Crippen LogP) is 2.28. The molecule has 0 saturated heterocycles. The fourth-order valence-corrected chi connectivity index (χ4v) is 1.98. The summed E-state index contributed by atoms with van der Waals surface area (Å²) < 4.78 is 15.4. The van der Waals surface area contributed by atoms with Gasteiger partial charge < -0.3 is 19.2 Å². The first-order valence-corrected chi connectivity index (χ1v) is 6.52. The Balaban J connectivity index is 2.59. The SMILES string of the molecule is CCCC(COC)NCc1cc(C(=O)OC)c(C)o1. The number of carbonyl (C=O) groups is 1. The van der Waals surface area contributed by atoms with Gasteiger partial charge in [0.25, 0.3) is 0 Å². The van der Waals surface area contributed by atoms with Crippen LogP contribution < -0.4 is 5.32 Å². The molecule has 0 radical (unpaired) electrons. The van der Waals surface area contributed by atoms with Crippen molar-refractivity contribution in [2.75, 3.05) is 20.8 Å². The van der Waals surface area contributed by atoms with Crippen LogP contribution in [0.2, 0.25) is 0 Å². The van der Waals surface area contributed by atoms with Crippen LogP contribution in [-0.4, -0.2) is 32.8 Å². The largest absolute Gasteiger partial charge is 0.465 e. The highest BCUT2D eigenvalue weighted by Gasteiger charge is 2.16. The Morgan fingerprint density at radius 1 is 1.47 bits per heavy atom. The van der Waals surface area contributed by atoms with Crippen LogP contribution in [0.3, 0.4) is 0 Å². The van der Waals surface area contributed by atoms with Gasteiger partial charge in [0.1, 0.15) is 17.1 Å². The average molecular weight is 269 g/mol. The Kier molecular flexibility index (Phi) is 6.59. The number of rotatable bonds is 8. The quantitative estimate of drug-likeness (QED) is 0.734. The highest BCUT2D eigenvalue weighted by molar-refractivity contribution is 5.90. The minimum Gasteiger partial charge on any atom is -0.465 e. The van der Waals surface area contributed by atoms with Gasteiger partial charge in [0.05, 0.1) is 20.3 Å². The van der Waals surface area contributed by atoms with E-state index in [-0.39, 0.29) is 5.97 Å². The number of nitrogens with one attached hydrogen (secondary N) is 1. The van der Waals surface area contributed by atoms with E-state index >= 15 is 0 Å². The molecule has 1 atom stereocenters. The van der Waals surface area contributed by atoms with Crippen LogP contribution in [0.25, 0.3) is 0 Å². The van der Waals surface area contributed by atoms with E-state index in [0.29, 0.717) is 30.5 Å². The van der Waals surface area contributed by atoms with Gasteiger partial charge in [-0.3, -0.25) is 0 Å². The van der Waals surface area contributed by atoms with Crippen molar-refractivity contribution in [3.63, 3.8) is 0 Å². The van der Waals surface area contributed by atoms with E-state index in [0.717, 1.165) is 18.6 Å². The Morgan fingerprint density at radius 3 is 2.79 bits per heavy atom. The highest BCUT2D eigenvalue weighted by atomic mass is 16.5. The Hall–Kier alpha value is -1.33. The molecule has 1 heterocycles. The normalized spacial score (nSPS) is 12.4. The van der Waals surface area contributed by atoms with Crippen LogP contribution in [-0.2, 0) is 16.0 Å². The van der Waals surface area contributed by atoms with Crippen molar-refractivity contribution in [1.29, 1.82) is 0 Å². The van der Waals surface area contributed by atoms with Gasteiger partial charge >= 0.3 is 5.97 Å². The third-order valence-corrected chi connectivity index (χ3v) is 2.94. The van der Waals surface area contributed by atoms with Crippen molar-refractivity contribution < 1.29 is 18.7 Å². The van der Waals surface area contributed by atoms with E-state index in [1.54, 1.807) is 20.1 Å². The predicted molar refractivity (Wildman–Crippen MR) is 72.2 cm³/mol. The number of carbonyl (C=O) groups excluding carboxylic acids is 1. The molecule has 0 aliphatic carbocycles. The van der Waals surface area contributed by atoms with E-state index in [1.165, 1.54) is 7.11 Å². The maximum absolute atomic E-state index is 11.5. The van der Waals surface area contributed by atoms with Crippen LogP contribution >= 0.6 is 0 Å². The van der Waals surface area contributed by atoms with Crippen LogP contribution in [0.5, 0.6) is 0 Å². The van der Waals surface area contributed by atoms with Crippen molar-refractivity contribution in [3.05, 3.63) is 23.2 Å². The minimum absolute atomic E-state index is 0.294. The first-order valence-electron chi connectivity index (χ1n) is 6.52. The third-order valence-electron chi connectivity index (χ3n) is 2.94. The molecule has 0 spiro atoms. The van der Waals surface area contributed by atoms with Crippen molar-refractivity contribution in [3.8, 4) is 0 Å². The number of aryl methyl sites for hydroxylation is 1. The van der Waals surface area contributed by atoms with Gasteiger partial charge in [-0.1, -0.05) is 13.3 Å². The molecule has 1 unspecified atom stereocenters. The zero-order valence-corrected chi connectivity index (χ0v) is 12.1. The van der Waals surface area contributed by atoms with Gasteiger partial charge in [0.2, 0.25) is 0 Å². The molecule has 0 saturated carbocycles. The van der Waals surface area contributed by atoms with Crippen LogP contribution in [0.1, 0.15) is 41.6 Å². The van der Waals surface area contributed by atoms with E-state index in [9.17, 15) is 4.79 Å². The number of methoxy groups -OCH3 is 2. The van der Waals surface area contributed by atoms with Gasteiger partial charge in [0.15, 0.2) is 0 Å². The number of hydrogen-bond acceptors (Lipinski definition) is 5. The topological polar surface area (TPSA) is 60.7 Å². The van der Waals surface area contributed by atoms with Crippen molar-refractivity contribution in [2.45, 2.75) is 39.3 Å². The lowest BCUT2D eigenvalue weighted by Crippen LogP contribution is -2.32. The first-order chi connectivity index (χ1) is 9.12. The molecule has 0 aromatic carbocycles. The van der Waals surface area contributed by atoms with Gasteiger partial charge in [-0.25, -0.2) is 4.79 Å². The minimum atomic E-state index is -0.366. The van der Waals surface area contributed by atoms with Gasteiger partial charge in [0, 0.05) is 13.2 Å². The summed E-state index contributed by atoms with van der Waals surface area (Å²) in [6.07, 6.45) is 2.13. The standard InChI is InChI=1S/C14H23NO4/c1-5-6-11(9-17-3)15-8-12-7-13(10(2)19-12)14(16)18-4/h7,11,15H,5-6,8-9H2,1-4H3. The summed E-state index contributed by atoms with van der Waals surface area (Å²) in [4.78, 5) is 11.5. The summed E-state index contributed by atoms with van der Waals surface area (Å²) in [5, 5.41) is 3.36. The average Bonchev–Trinajstić information content (AvgIpc) is 2.77. The molecule has 1 aromatic heterocycles. The Bertz CT molecular complexity index is 394. The molecular weight excluding hydrogens is 246 g/mol. The number of furan rings is 1. The summed E-state index contributed by atoms with van der Waals surface area (Å²) >= 11 is 0. The summed E-state index contributed by atoms with van der Waals surface area (Å²) in [5.74, 6) is 0.951. The van der Waals surface area contributed by atoms with E-state index in [4.69, 9.17) is 13.9 Å². The lowest BCUT2D eigenvalue weighted by atomic mass is 10.2. The van der Waals surface area contributed by atoms with Crippen molar-refractivity contribution in [1.82, 2.24) is 5.32 Å². The maximum atomic E-state index is 11.5. The fraction of sp³-hybridized carbons (Fsp3) is 0.643. The molecule has 5 nitrogen and oxygen atoms in total. The molecule has 19 heavy (non-hydrogen) atoms. The molecule has 0 bridgehead atoms. The smallest absolute Gasteiger partial charge is 0.341 e. The number of esters is 1. The lowest BCUT2D eigenvalue weighted by molar-refractivity contribution is 0.0599. The lowest BCUT2D eigenvalue weighted by Gasteiger charge is -2.16. The molecule has 0 fully saturated rings. The van der Waals surface area contributed by atoms with Crippen molar-refractivity contribution >= 4 is 5.97 Å². The van der Waals surface area contributed by atoms with Gasteiger partial charge in [-0.15, -0.1) is 0 Å². The number of hydrogen-bond donors (Lipinski definition) is 1. The molecule has 0 aliphatic heterocycles. The van der Waals surface area contributed by atoms with E-state index in [1.807, 2.05) is 0 Å². The summed E-state index contributed by atoms with van der Waals surface area (Å²) in [6, 6.07) is 2.02. The number of ether oxygens (including phenoxy) is 2. The molecule has 108 valence electrons. The molecule has 0 aliphatic rings. The van der Waals surface area contributed by atoms with Crippen LogP contribution in [0, 0.1) is 6.92 Å². The van der Waals surface area contributed by atoms with E-state index in [2.05, 4.69) is 12.2 Å². The maximum Gasteiger partial charge on any atom is 0.341 e. The fourth-order valence-electron chi connectivity index (χ4n) is 1.98. The Labute approximate surface area is 114 Å². The molecule has 0 amide bonds. The molecular formula is C14H23NO4. The second-order valence-electron chi connectivity index (χ2n) is 4.50.